The highest BCUT2D eigenvalue weighted by Crippen LogP contribution is 2.36. The Morgan fingerprint density at radius 2 is 2.11 bits per heavy atom. The number of amides is 2. The van der Waals surface area contributed by atoms with E-state index in [9.17, 15) is 14.0 Å². The van der Waals surface area contributed by atoms with E-state index in [0.717, 1.165) is 0 Å². The fraction of sp³-hybridized carbons (Fsp3) is 0.333. The maximum Gasteiger partial charge on any atom is 0.331 e. The van der Waals surface area contributed by atoms with Crippen molar-refractivity contribution in [1.29, 1.82) is 0 Å². The van der Waals surface area contributed by atoms with Gasteiger partial charge in [-0.05, 0) is 47.0 Å². The van der Waals surface area contributed by atoms with Gasteiger partial charge in [-0.25, -0.2) is 14.0 Å². The minimum Gasteiger partial charge on any atom is -0.467 e. The predicted molar refractivity (Wildman–Crippen MR) is 70.2 cm³/mol. The van der Waals surface area contributed by atoms with Crippen LogP contribution < -0.4 is 10.6 Å². The highest BCUT2D eigenvalue weighted by atomic mass is 79.9. The highest BCUT2D eigenvalue weighted by molar-refractivity contribution is 9.10. The second-order valence-corrected chi connectivity index (χ2v) is 5.13. The summed E-state index contributed by atoms with van der Waals surface area (Å²) in [5, 5.41) is 5.03. The van der Waals surface area contributed by atoms with Crippen LogP contribution in [0.2, 0.25) is 0 Å². The molecule has 0 spiro atoms. The van der Waals surface area contributed by atoms with Gasteiger partial charge in [0.2, 0.25) is 0 Å². The maximum atomic E-state index is 13.1. The summed E-state index contributed by atoms with van der Waals surface area (Å²) in [6.07, 6.45) is 1.08. The van der Waals surface area contributed by atoms with E-state index in [4.69, 9.17) is 0 Å². The van der Waals surface area contributed by atoms with Crippen LogP contribution in [0.3, 0.4) is 0 Å². The molecule has 0 aliphatic heterocycles. The quantitative estimate of drug-likeness (QED) is 0.836. The number of carbonyl (C=O) groups is 2. The van der Waals surface area contributed by atoms with Crippen LogP contribution in [0.15, 0.2) is 22.7 Å². The van der Waals surface area contributed by atoms with Crippen LogP contribution in [-0.4, -0.2) is 24.6 Å². The monoisotopic (exact) mass is 330 g/mol. The summed E-state index contributed by atoms with van der Waals surface area (Å²) in [7, 11) is 1.27. The number of benzene rings is 1. The molecule has 1 aliphatic rings. The standard InChI is InChI=1S/C12H12BrFN2O3/c1-19-10(17)12(4-5-12)16-11(18)15-9-6-7(14)2-3-8(9)13/h2-3,6H,4-5H2,1H3,(H2,15,16,18). The number of halogens is 2. The first-order valence-corrected chi connectivity index (χ1v) is 6.39. The molecule has 1 fully saturated rings. The lowest BCUT2D eigenvalue weighted by atomic mass is 10.3. The molecule has 0 unspecified atom stereocenters. The zero-order valence-electron chi connectivity index (χ0n) is 10.1. The molecule has 2 N–H and O–H groups in total. The Bertz CT molecular complexity index is 532. The number of rotatable bonds is 3. The van der Waals surface area contributed by atoms with Gasteiger partial charge in [-0.15, -0.1) is 0 Å². The van der Waals surface area contributed by atoms with Crippen molar-refractivity contribution in [3.8, 4) is 0 Å². The Hall–Kier alpha value is -1.63. The summed E-state index contributed by atoms with van der Waals surface area (Å²) in [5.41, 5.74) is -0.642. The van der Waals surface area contributed by atoms with E-state index in [-0.39, 0.29) is 5.69 Å². The molecule has 0 saturated heterocycles. The van der Waals surface area contributed by atoms with E-state index in [1.807, 2.05) is 0 Å². The van der Waals surface area contributed by atoms with Gasteiger partial charge in [0.05, 0.1) is 12.8 Å². The molecule has 102 valence electrons. The van der Waals surface area contributed by atoms with Gasteiger partial charge < -0.3 is 15.4 Å². The normalized spacial score (nSPS) is 15.5. The third kappa shape index (κ3) is 3.04. The molecule has 0 atom stereocenters. The Morgan fingerprint density at radius 1 is 1.42 bits per heavy atom. The number of methoxy groups -OCH3 is 1. The van der Waals surface area contributed by atoms with Gasteiger partial charge in [-0.1, -0.05) is 0 Å². The molecular weight excluding hydrogens is 319 g/mol. The number of esters is 1. The van der Waals surface area contributed by atoms with Crippen molar-refractivity contribution in [3.63, 3.8) is 0 Å². The van der Waals surface area contributed by atoms with E-state index in [2.05, 4.69) is 31.3 Å². The summed E-state index contributed by atoms with van der Waals surface area (Å²) in [4.78, 5) is 23.2. The van der Waals surface area contributed by atoms with Gasteiger partial charge in [0.25, 0.3) is 0 Å². The van der Waals surface area contributed by atoms with Gasteiger partial charge in [0.1, 0.15) is 11.4 Å². The highest BCUT2D eigenvalue weighted by Gasteiger charge is 2.52. The molecule has 1 aromatic carbocycles. The van der Waals surface area contributed by atoms with Gasteiger partial charge in [0.15, 0.2) is 0 Å². The first-order valence-electron chi connectivity index (χ1n) is 5.59. The maximum absolute atomic E-state index is 13.1. The van der Waals surface area contributed by atoms with Crippen LogP contribution in [0.1, 0.15) is 12.8 Å². The molecule has 1 aromatic rings. The predicted octanol–water partition coefficient (Wildman–Crippen LogP) is 2.42. The Morgan fingerprint density at radius 3 is 2.68 bits per heavy atom. The van der Waals surface area contributed by atoms with E-state index >= 15 is 0 Å². The third-order valence-corrected chi connectivity index (χ3v) is 3.55. The number of hydrogen-bond acceptors (Lipinski definition) is 3. The summed E-state index contributed by atoms with van der Waals surface area (Å²) in [5.74, 6) is -0.937. The Labute approximate surface area is 117 Å². The fourth-order valence-corrected chi connectivity index (χ4v) is 2.01. The van der Waals surface area contributed by atoms with Gasteiger partial charge in [-0.2, -0.15) is 0 Å². The largest absolute Gasteiger partial charge is 0.467 e. The average molecular weight is 331 g/mol. The second-order valence-electron chi connectivity index (χ2n) is 4.28. The molecule has 2 rings (SSSR count). The molecule has 0 aromatic heterocycles. The topological polar surface area (TPSA) is 67.4 Å². The number of ether oxygens (including phenoxy) is 1. The van der Waals surface area contributed by atoms with Crippen molar-refractivity contribution in [3.05, 3.63) is 28.5 Å². The van der Waals surface area contributed by atoms with Crippen molar-refractivity contribution < 1.29 is 18.7 Å². The van der Waals surface area contributed by atoms with E-state index < -0.39 is 23.4 Å². The van der Waals surface area contributed by atoms with Crippen LogP contribution in [0, 0.1) is 5.82 Å². The van der Waals surface area contributed by atoms with Crippen molar-refractivity contribution >= 4 is 33.6 Å². The van der Waals surface area contributed by atoms with Crippen molar-refractivity contribution in [2.24, 2.45) is 0 Å². The molecule has 5 nitrogen and oxygen atoms in total. The fourth-order valence-electron chi connectivity index (χ4n) is 1.66. The van der Waals surface area contributed by atoms with E-state index in [1.54, 1.807) is 0 Å². The van der Waals surface area contributed by atoms with Crippen LogP contribution in [0.5, 0.6) is 0 Å². The lowest BCUT2D eigenvalue weighted by Gasteiger charge is -2.15. The third-order valence-electron chi connectivity index (χ3n) is 2.86. The van der Waals surface area contributed by atoms with Crippen molar-refractivity contribution in [2.45, 2.75) is 18.4 Å². The molecule has 19 heavy (non-hydrogen) atoms. The molecule has 0 heterocycles. The van der Waals surface area contributed by atoms with Crippen LogP contribution in [0.4, 0.5) is 14.9 Å². The molecule has 2 amide bonds. The minimum atomic E-state index is -0.932. The van der Waals surface area contributed by atoms with Crippen LogP contribution in [0.25, 0.3) is 0 Å². The molecule has 0 radical (unpaired) electrons. The van der Waals surface area contributed by atoms with Crippen molar-refractivity contribution in [1.82, 2.24) is 5.32 Å². The number of nitrogens with one attached hydrogen (secondary N) is 2. The summed E-state index contributed by atoms with van der Waals surface area (Å²) in [6, 6.07) is 3.36. The first kappa shape index (κ1) is 13.8. The number of anilines is 1. The molecular formula is C12H12BrFN2O3. The van der Waals surface area contributed by atoms with Gasteiger partial charge >= 0.3 is 12.0 Å². The summed E-state index contributed by atoms with van der Waals surface area (Å²) >= 11 is 3.20. The average Bonchev–Trinajstić information content (AvgIpc) is 3.13. The number of hydrogen-bond donors (Lipinski definition) is 2. The second kappa shape index (κ2) is 5.16. The smallest absolute Gasteiger partial charge is 0.331 e. The first-order chi connectivity index (χ1) is 8.97. The zero-order chi connectivity index (χ0) is 14.0. The molecule has 0 bridgehead atoms. The lowest BCUT2D eigenvalue weighted by molar-refractivity contribution is -0.144. The van der Waals surface area contributed by atoms with Gasteiger partial charge in [-0.3, -0.25) is 0 Å². The SMILES string of the molecule is COC(=O)C1(NC(=O)Nc2cc(F)ccc2Br)CC1. The van der Waals surface area contributed by atoms with E-state index in [1.165, 1.54) is 25.3 Å². The summed E-state index contributed by atoms with van der Waals surface area (Å²) < 4.78 is 18.2. The Balaban J connectivity index is 2.02. The van der Waals surface area contributed by atoms with Crippen molar-refractivity contribution in [2.75, 3.05) is 12.4 Å². The summed E-state index contributed by atoms with van der Waals surface area (Å²) in [6.45, 7) is 0. The number of urea groups is 1. The van der Waals surface area contributed by atoms with E-state index in [0.29, 0.717) is 17.3 Å². The van der Waals surface area contributed by atoms with Crippen LogP contribution in [-0.2, 0) is 9.53 Å². The molecule has 1 saturated carbocycles. The van der Waals surface area contributed by atoms with Gasteiger partial charge in [0, 0.05) is 4.47 Å². The molecule has 7 heteroatoms. The van der Waals surface area contributed by atoms with Crippen LogP contribution >= 0.6 is 15.9 Å². The number of carbonyl (C=O) groups excluding carboxylic acids is 2. The zero-order valence-corrected chi connectivity index (χ0v) is 11.7. The molecule has 1 aliphatic carbocycles. The Kier molecular flexibility index (Phi) is 3.75. The lowest BCUT2D eigenvalue weighted by Crippen LogP contribution is -2.45. The minimum absolute atomic E-state index is 0.290.